The van der Waals surface area contributed by atoms with E-state index in [2.05, 4.69) is 20.5 Å². The molecule has 4 aromatic heterocycles. The first kappa shape index (κ1) is 13.6. The van der Waals surface area contributed by atoms with E-state index in [-0.39, 0.29) is 11.6 Å². The molecule has 0 atom stereocenters. The van der Waals surface area contributed by atoms with Crippen molar-refractivity contribution in [3.8, 4) is 0 Å². The summed E-state index contributed by atoms with van der Waals surface area (Å²) in [5, 5.41) is 24.2. The Hall–Kier alpha value is -3.01. The number of thiazole rings is 1. The van der Waals surface area contributed by atoms with Gasteiger partial charge >= 0.3 is 5.82 Å². The molecule has 0 aliphatic carbocycles. The summed E-state index contributed by atoms with van der Waals surface area (Å²) in [7, 11) is 0. The molecule has 4 rings (SSSR count). The predicted molar refractivity (Wildman–Crippen MR) is 84.9 cm³/mol. The van der Waals surface area contributed by atoms with E-state index in [4.69, 9.17) is 0 Å². The zero-order chi connectivity index (χ0) is 15.8. The van der Waals surface area contributed by atoms with Crippen molar-refractivity contribution in [2.24, 2.45) is 0 Å². The molecule has 9 nitrogen and oxygen atoms in total. The van der Waals surface area contributed by atoms with Crippen molar-refractivity contribution in [2.75, 3.05) is 11.9 Å². The van der Waals surface area contributed by atoms with Crippen molar-refractivity contribution in [1.29, 1.82) is 0 Å². The number of hydrogen-bond acceptors (Lipinski definition) is 7. The van der Waals surface area contributed by atoms with Gasteiger partial charge < -0.3 is 15.4 Å². The standard InChI is InChI=1S/C13H11N7O2S/c21-20(22)12-11(15-13-19(12)7-8-23-13)14-5-4-10-17-16-9-3-1-2-6-18(9)10/h1-3,6-8,14H,4-5H2. The predicted octanol–water partition coefficient (Wildman–Crippen LogP) is 2.00. The second kappa shape index (κ2) is 5.32. The number of imidazole rings is 1. The van der Waals surface area contributed by atoms with Crippen molar-refractivity contribution >= 4 is 33.6 Å². The maximum Gasteiger partial charge on any atom is 0.372 e. The average Bonchev–Trinajstić information content (AvgIpc) is 3.21. The molecular weight excluding hydrogens is 318 g/mol. The third-order valence-electron chi connectivity index (χ3n) is 3.44. The normalized spacial score (nSPS) is 11.3. The van der Waals surface area contributed by atoms with Gasteiger partial charge in [-0.2, -0.15) is 9.38 Å². The van der Waals surface area contributed by atoms with Crippen LogP contribution in [0, 0.1) is 10.1 Å². The van der Waals surface area contributed by atoms with Gasteiger partial charge in [-0.3, -0.25) is 4.40 Å². The lowest BCUT2D eigenvalue weighted by Gasteiger charge is -2.02. The van der Waals surface area contributed by atoms with E-state index in [1.807, 2.05) is 28.8 Å². The van der Waals surface area contributed by atoms with Crippen LogP contribution in [-0.4, -0.2) is 35.5 Å². The number of rotatable bonds is 5. The number of pyridine rings is 1. The van der Waals surface area contributed by atoms with Crippen LogP contribution in [-0.2, 0) is 6.42 Å². The monoisotopic (exact) mass is 329 g/mol. The van der Waals surface area contributed by atoms with E-state index in [0.717, 1.165) is 11.5 Å². The van der Waals surface area contributed by atoms with Gasteiger partial charge in [0.1, 0.15) is 12.0 Å². The maximum absolute atomic E-state index is 11.2. The van der Waals surface area contributed by atoms with E-state index in [0.29, 0.717) is 17.9 Å². The van der Waals surface area contributed by atoms with Gasteiger partial charge in [0, 0.05) is 24.5 Å². The third kappa shape index (κ3) is 2.28. The Bertz CT molecular complexity index is 1000. The molecule has 4 aromatic rings. The Morgan fingerprint density at radius 1 is 1.26 bits per heavy atom. The van der Waals surface area contributed by atoms with Crippen molar-refractivity contribution in [1.82, 2.24) is 24.0 Å². The number of nitrogens with zero attached hydrogens (tertiary/aromatic N) is 6. The zero-order valence-electron chi connectivity index (χ0n) is 11.8. The van der Waals surface area contributed by atoms with E-state index in [1.54, 1.807) is 11.6 Å². The molecule has 0 fully saturated rings. The Morgan fingerprint density at radius 3 is 3.04 bits per heavy atom. The SMILES string of the molecule is O=[N+]([O-])c1c(NCCc2nnc3ccccn23)nc2sccn12. The molecular formula is C13H11N7O2S. The van der Waals surface area contributed by atoms with Crippen molar-refractivity contribution in [2.45, 2.75) is 6.42 Å². The summed E-state index contributed by atoms with van der Waals surface area (Å²) in [6.45, 7) is 0.474. The molecule has 0 saturated heterocycles. The molecule has 0 aliphatic heterocycles. The molecule has 10 heteroatoms. The van der Waals surface area contributed by atoms with E-state index < -0.39 is 4.92 Å². The Labute approximate surface area is 133 Å². The van der Waals surface area contributed by atoms with Crippen LogP contribution in [0.5, 0.6) is 0 Å². The Kier molecular flexibility index (Phi) is 3.15. The molecule has 4 heterocycles. The highest BCUT2D eigenvalue weighted by molar-refractivity contribution is 7.15. The Morgan fingerprint density at radius 2 is 2.17 bits per heavy atom. The minimum absolute atomic E-state index is 0.0487. The molecule has 23 heavy (non-hydrogen) atoms. The lowest BCUT2D eigenvalue weighted by atomic mass is 10.4. The summed E-state index contributed by atoms with van der Waals surface area (Å²) >= 11 is 1.35. The van der Waals surface area contributed by atoms with Gasteiger partial charge in [-0.15, -0.1) is 10.2 Å². The molecule has 0 unspecified atom stereocenters. The number of nitrogens with one attached hydrogen (secondary N) is 1. The number of aromatic nitrogens is 5. The number of fused-ring (bicyclic) bond motifs is 2. The lowest BCUT2D eigenvalue weighted by Crippen LogP contribution is -2.09. The topological polar surface area (TPSA) is 103 Å². The van der Waals surface area contributed by atoms with Crippen LogP contribution in [0.2, 0.25) is 0 Å². The summed E-state index contributed by atoms with van der Waals surface area (Å²) in [6, 6.07) is 5.67. The summed E-state index contributed by atoms with van der Waals surface area (Å²) in [5.41, 5.74) is 0.774. The van der Waals surface area contributed by atoms with Gasteiger partial charge in [0.25, 0.3) is 4.96 Å². The highest BCUT2D eigenvalue weighted by Gasteiger charge is 2.23. The van der Waals surface area contributed by atoms with Gasteiger partial charge in [0.05, 0.1) is 0 Å². The molecule has 0 aromatic carbocycles. The fourth-order valence-corrected chi connectivity index (χ4v) is 3.13. The number of hydrogen-bond donors (Lipinski definition) is 1. The molecule has 0 saturated carbocycles. The second-order valence-electron chi connectivity index (χ2n) is 4.82. The smallest absolute Gasteiger partial charge is 0.362 e. The summed E-state index contributed by atoms with van der Waals surface area (Å²) in [4.78, 5) is 15.7. The summed E-state index contributed by atoms with van der Waals surface area (Å²) in [5.74, 6) is 1.01. The molecule has 1 N–H and O–H groups in total. The fraction of sp³-hybridized carbons (Fsp3) is 0.154. The van der Waals surface area contributed by atoms with Crippen LogP contribution in [0.1, 0.15) is 5.82 Å². The van der Waals surface area contributed by atoms with Gasteiger partial charge in [0.2, 0.25) is 5.82 Å². The van der Waals surface area contributed by atoms with Crippen LogP contribution in [0.3, 0.4) is 0 Å². The molecule has 0 radical (unpaired) electrons. The first-order valence-corrected chi connectivity index (χ1v) is 7.74. The quantitative estimate of drug-likeness (QED) is 0.444. The fourth-order valence-electron chi connectivity index (χ4n) is 2.42. The minimum atomic E-state index is -0.429. The Balaban J connectivity index is 1.54. The number of anilines is 1. The maximum atomic E-state index is 11.2. The second-order valence-corrected chi connectivity index (χ2v) is 5.69. The van der Waals surface area contributed by atoms with Gasteiger partial charge in [-0.1, -0.05) is 17.4 Å². The van der Waals surface area contributed by atoms with Crippen molar-refractivity contribution in [3.63, 3.8) is 0 Å². The van der Waals surface area contributed by atoms with Crippen LogP contribution in [0.4, 0.5) is 11.6 Å². The largest absolute Gasteiger partial charge is 0.372 e. The van der Waals surface area contributed by atoms with Crippen LogP contribution < -0.4 is 5.32 Å². The highest BCUT2D eigenvalue weighted by atomic mass is 32.1. The molecule has 0 amide bonds. The zero-order valence-corrected chi connectivity index (χ0v) is 12.6. The molecule has 0 bridgehead atoms. The molecule has 0 aliphatic rings. The summed E-state index contributed by atoms with van der Waals surface area (Å²) in [6.07, 6.45) is 4.11. The molecule has 116 valence electrons. The van der Waals surface area contributed by atoms with Gasteiger partial charge in [0.15, 0.2) is 5.65 Å². The van der Waals surface area contributed by atoms with Gasteiger partial charge in [-0.25, -0.2) is 0 Å². The van der Waals surface area contributed by atoms with Crippen molar-refractivity contribution in [3.05, 3.63) is 51.9 Å². The first-order valence-electron chi connectivity index (χ1n) is 6.86. The van der Waals surface area contributed by atoms with Gasteiger partial charge in [-0.05, 0) is 17.1 Å². The van der Waals surface area contributed by atoms with Crippen molar-refractivity contribution < 1.29 is 4.92 Å². The van der Waals surface area contributed by atoms with Crippen LogP contribution >= 0.6 is 11.3 Å². The lowest BCUT2D eigenvalue weighted by molar-refractivity contribution is -0.389. The number of nitro groups is 1. The average molecular weight is 329 g/mol. The van der Waals surface area contributed by atoms with Crippen LogP contribution in [0.25, 0.3) is 10.6 Å². The van der Waals surface area contributed by atoms with E-state index in [9.17, 15) is 10.1 Å². The van der Waals surface area contributed by atoms with Crippen LogP contribution in [0.15, 0.2) is 36.0 Å². The first-order chi connectivity index (χ1) is 11.2. The van der Waals surface area contributed by atoms with E-state index >= 15 is 0 Å². The van der Waals surface area contributed by atoms with E-state index in [1.165, 1.54) is 15.7 Å². The summed E-state index contributed by atoms with van der Waals surface area (Å²) < 4.78 is 3.36. The third-order valence-corrected chi connectivity index (χ3v) is 4.19. The minimum Gasteiger partial charge on any atom is -0.362 e. The molecule has 0 spiro atoms. The highest BCUT2D eigenvalue weighted by Crippen LogP contribution is 2.27.